The van der Waals surface area contributed by atoms with Gasteiger partial charge in [0.15, 0.2) is 0 Å². The number of nitrogens with two attached hydrogens (primary N) is 1. The highest BCUT2D eigenvalue weighted by Crippen LogP contribution is 2.48. The second-order valence-electron chi connectivity index (χ2n) is 6.38. The minimum absolute atomic E-state index is 0.696. The van der Waals surface area contributed by atoms with Crippen molar-refractivity contribution in [2.45, 2.75) is 32.1 Å². The van der Waals surface area contributed by atoms with Crippen LogP contribution in [0.5, 0.6) is 0 Å². The average molecular weight is 259 g/mol. The van der Waals surface area contributed by atoms with Gasteiger partial charge < -0.3 is 10.6 Å². The van der Waals surface area contributed by atoms with Gasteiger partial charge in [0.05, 0.1) is 0 Å². The molecule has 0 radical (unpaired) electrons. The molecule has 2 saturated carbocycles. The van der Waals surface area contributed by atoms with E-state index in [1.165, 1.54) is 37.8 Å². The Bertz CT molecular complexity index is 415. The molecule has 3 nitrogen and oxygen atoms in total. The zero-order chi connectivity index (χ0) is 13.2. The zero-order valence-electron chi connectivity index (χ0n) is 11.9. The van der Waals surface area contributed by atoms with Crippen molar-refractivity contribution in [2.24, 2.45) is 23.5 Å². The highest BCUT2D eigenvalue weighted by Gasteiger charge is 2.39. The van der Waals surface area contributed by atoms with Gasteiger partial charge in [0.25, 0.3) is 0 Å². The Hall–Kier alpha value is -1.09. The summed E-state index contributed by atoms with van der Waals surface area (Å²) in [7, 11) is 2.18. The maximum absolute atomic E-state index is 5.56. The van der Waals surface area contributed by atoms with Gasteiger partial charge in [-0.15, -0.1) is 0 Å². The Morgan fingerprint density at radius 1 is 1.32 bits per heavy atom. The molecule has 2 aliphatic carbocycles. The van der Waals surface area contributed by atoms with Gasteiger partial charge in [0, 0.05) is 19.8 Å². The normalized spacial score (nSPS) is 28.8. The van der Waals surface area contributed by atoms with Gasteiger partial charge in [-0.25, -0.2) is 4.98 Å². The molecule has 3 heteroatoms. The van der Waals surface area contributed by atoms with Crippen molar-refractivity contribution < 1.29 is 0 Å². The Labute approximate surface area is 116 Å². The number of hydrogen-bond donors (Lipinski definition) is 1. The van der Waals surface area contributed by atoms with Gasteiger partial charge in [-0.2, -0.15) is 0 Å². The molecule has 19 heavy (non-hydrogen) atoms. The average Bonchev–Trinajstić information content (AvgIpc) is 3.02. The van der Waals surface area contributed by atoms with E-state index in [1.807, 2.05) is 6.20 Å². The predicted molar refractivity (Wildman–Crippen MR) is 79.2 cm³/mol. The van der Waals surface area contributed by atoms with Crippen LogP contribution in [0.25, 0.3) is 0 Å². The second-order valence-corrected chi connectivity index (χ2v) is 6.38. The lowest BCUT2D eigenvalue weighted by Gasteiger charge is -2.28. The van der Waals surface area contributed by atoms with Crippen molar-refractivity contribution in [3.05, 3.63) is 23.9 Å². The molecule has 0 spiro atoms. The van der Waals surface area contributed by atoms with Crippen LogP contribution in [0.2, 0.25) is 0 Å². The van der Waals surface area contributed by atoms with E-state index in [4.69, 9.17) is 5.73 Å². The van der Waals surface area contributed by atoms with Crippen LogP contribution >= 0.6 is 0 Å². The fraction of sp³-hybridized carbons (Fsp3) is 0.688. The third-order valence-electron chi connectivity index (χ3n) is 5.03. The Balaban J connectivity index is 1.59. The van der Waals surface area contributed by atoms with Crippen LogP contribution in [0.1, 0.15) is 31.2 Å². The maximum Gasteiger partial charge on any atom is 0.128 e. The Morgan fingerprint density at radius 3 is 2.79 bits per heavy atom. The summed E-state index contributed by atoms with van der Waals surface area (Å²) >= 11 is 0. The van der Waals surface area contributed by atoms with Crippen LogP contribution < -0.4 is 10.6 Å². The standard InChI is InChI=1S/C16H25N3/c1-19(11-15-9-13-2-4-14(15)8-13)16-5-3-12(6-7-17)10-18-16/h3,5,10,13-15H,2,4,6-9,11,17H2,1H3. The van der Waals surface area contributed by atoms with Gasteiger partial charge in [0.2, 0.25) is 0 Å². The molecule has 2 N–H and O–H groups in total. The second kappa shape index (κ2) is 5.49. The van der Waals surface area contributed by atoms with E-state index in [0.717, 1.165) is 30.0 Å². The number of rotatable bonds is 5. The zero-order valence-corrected chi connectivity index (χ0v) is 11.9. The third-order valence-corrected chi connectivity index (χ3v) is 5.03. The van der Waals surface area contributed by atoms with Crippen molar-refractivity contribution in [1.82, 2.24) is 4.98 Å². The van der Waals surface area contributed by atoms with Gasteiger partial charge >= 0.3 is 0 Å². The van der Waals surface area contributed by atoms with Crippen molar-refractivity contribution in [1.29, 1.82) is 0 Å². The first-order valence-corrected chi connectivity index (χ1v) is 7.62. The topological polar surface area (TPSA) is 42.1 Å². The van der Waals surface area contributed by atoms with Crippen LogP contribution in [0.4, 0.5) is 5.82 Å². The van der Waals surface area contributed by atoms with Crippen molar-refractivity contribution in [3.8, 4) is 0 Å². The van der Waals surface area contributed by atoms with Gasteiger partial charge in [-0.1, -0.05) is 12.5 Å². The van der Waals surface area contributed by atoms with Gasteiger partial charge in [-0.3, -0.25) is 0 Å². The van der Waals surface area contributed by atoms with Crippen molar-refractivity contribution >= 4 is 5.82 Å². The summed E-state index contributed by atoms with van der Waals surface area (Å²) < 4.78 is 0. The number of anilines is 1. The molecule has 3 rings (SSSR count). The smallest absolute Gasteiger partial charge is 0.128 e. The number of nitrogens with zero attached hydrogens (tertiary/aromatic N) is 2. The maximum atomic E-state index is 5.56. The van der Waals surface area contributed by atoms with Crippen LogP contribution in [-0.4, -0.2) is 25.1 Å². The molecule has 0 aliphatic heterocycles. The molecule has 1 aromatic rings. The monoisotopic (exact) mass is 259 g/mol. The number of aromatic nitrogens is 1. The lowest BCUT2D eigenvalue weighted by atomic mass is 9.88. The molecule has 0 aromatic carbocycles. The van der Waals surface area contributed by atoms with Crippen LogP contribution in [-0.2, 0) is 6.42 Å². The van der Waals surface area contributed by atoms with Crippen LogP contribution in [0.3, 0.4) is 0 Å². The highest BCUT2D eigenvalue weighted by atomic mass is 15.2. The summed E-state index contributed by atoms with van der Waals surface area (Å²) in [4.78, 5) is 6.90. The largest absolute Gasteiger partial charge is 0.359 e. The molecule has 3 atom stereocenters. The van der Waals surface area contributed by atoms with Crippen molar-refractivity contribution in [2.75, 3.05) is 25.0 Å². The molecule has 2 bridgehead atoms. The van der Waals surface area contributed by atoms with E-state index in [2.05, 4.69) is 29.1 Å². The van der Waals surface area contributed by atoms with Gasteiger partial charge in [0.1, 0.15) is 5.82 Å². The molecule has 1 heterocycles. The number of hydrogen-bond acceptors (Lipinski definition) is 3. The molecule has 2 aliphatic rings. The molecule has 0 amide bonds. The number of pyridine rings is 1. The molecular formula is C16H25N3. The van der Waals surface area contributed by atoms with E-state index in [9.17, 15) is 0 Å². The summed E-state index contributed by atoms with van der Waals surface area (Å²) in [5.74, 6) is 4.02. The van der Waals surface area contributed by atoms with E-state index in [0.29, 0.717) is 6.54 Å². The van der Waals surface area contributed by atoms with E-state index >= 15 is 0 Å². The van der Waals surface area contributed by atoms with Crippen LogP contribution in [0, 0.1) is 17.8 Å². The Morgan fingerprint density at radius 2 is 2.21 bits per heavy atom. The molecule has 2 fully saturated rings. The lowest BCUT2D eigenvalue weighted by Crippen LogP contribution is -2.29. The Kier molecular flexibility index (Phi) is 3.74. The highest BCUT2D eigenvalue weighted by molar-refractivity contribution is 5.38. The summed E-state index contributed by atoms with van der Waals surface area (Å²) in [6.45, 7) is 1.87. The molecule has 3 unspecified atom stereocenters. The minimum Gasteiger partial charge on any atom is -0.359 e. The first kappa shape index (κ1) is 12.9. The molecular weight excluding hydrogens is 234 g/mol. The van der Waals surface area contributed by atoms with Crippen LogP contribution in [0.15, 0.2) is 18.3 Å². The fourth-order valence-electron chi connectivity index (χ4n) is 4.00. The SMILES string of the molecule is CN(CC1CC2CCC1C2)c1ccc(CCN)cn1. The lowest BCUT2D eigenvalue weighted by molar-refractivity contribution is 0.337. The summed E-state index contributed by atoms with van der Waals surface area (Å²) in [5.41, 5.74) is 6.80. The fourth-order valence-corrected chi connectivity index (χ4v) is 4.00. The molecule has 0 saturated heterocycles. The summed E-state index contributed by atoms with van der Waals surface area (Å²) in [6, 6.07) is 4.30. The quantitative estimate of drug-likeness (QED) is 0.883. The van der Waals surface area contributed by atoms with E-state index in [1.54, 1.807) is 0 Å². The predicted octanol–water partition coefficient (Wildman–Crippen LogP) is 2.46. The molecule has 104 valence electrons. The first-order chi connectivity index (χ1) is 9.26. The summed E-state index contributed by atoms with van der Waals surface area (Å²) in [5, 5.41) is 0. The third kappa shape index (κ3) is 2.76. The van der Waals surface area contributed by atoms with E-state index < -0.39 is 0 Å². The first-order valence-electron chi connectivity index (χ1n) is 7.62. The van der Waals surface area contributed by atoms with Crippen molar-refractivity contribution in [3.63, 3.8) is 0 Å². The summed E-state index contributed by atoms with van der Waals surface area (Å²) in [6.07, 6.45) is 8.77. The molecule has 1 aromatic heterocycles. The van der Waals surface area contributed by atoms with Gasteiger partial charge in [-0.05, 0) is 61.6 Å². The van der Waals surface area contributed by atoms with E-state index in [-0.39, 0.29) is 0 Å². The number of fused-ring (bicyclic) bond motifs is 2. The minimum atomic E-state index is 0.696.